The summed E-state index contributed by atoms with van der Waals surface area (Å²) in [6.45, 7) is 0. The van der Waals surface area contributed by atoms with Crippen LogP contribution in [0.3, 0.4) is 0 Å². The second kappa shape index (κ2) is 4.14. The van der Waals surface area contributed by atoms with Crippen molar-refractivity contribution in [2.75, 3.05) is 0 Å². The van der Waals surface area contributed by atoms with E-state index >= 15 is 0 Å². The first kappa shape index (κ1) is 10.2. The van der Waals surface area contributed by atoms with Crippen LogP contribution < -0.4 is 0 Å². The van der Waals surface area contributed by atoms with Gasteiger partial charge in [0, 0.05) is 36.1 Å². The van der Waals surface area contributed by atoms with Gasteiger partial charge < -0.3 is 0 Å². The molecule has 0 N–H and O–H groups in total. The van der Waals surface area contributed by atoms with Crippen LogP contribution in [0.2, 0.25) is 0 Å². The summed E-state index contributed by atoms with van der Waals surface area (Å²) in [5, 5.41) is 4.46. The smallest absolute Gasteiger partial charge is 0.159 e. The summed E-state index contributed by atoms with van der Waals surface area (Å²) < 4.78 is 1.73. The van der Waals surface area contributed by atoms with Crippen LogP contribution in [-0.4, -0.2) is 24.6 Å². The molecule has 84 valence electrons. The van der Waals surface area contributed by atoms with Gasteiger partial charge in [-0.25, -0.2) is 9.50 Å². The molecule has 3 aromatic rings. The third-order valence-electron chi connectivity index (χ3n) is 2.45. The lowest BCUT2D eigenvalue weighted by Gasteiger charge is -1.96. The Bertz CT molecular complexity index is 649. The Kier molecular flexibility index (Phi) is 2.49. The zero-order valence-corrected chi connectivity index (χ0v) is 9.75. The highest BCUT2D eigenvalue weighted by Gasteiger charge is 2.14. The second-order valence-corrected chi connectivity index (χ2v) is 3.78. The molecular formula is C11H9N5S. The molecule has 0 atom stereocenters. The van der Waals surface area contributed by atoms with Gasteiger partial charge in [0.25, 0.3) is 0 Å². The van der Waals surface area contributed by atoms with Crippen molar-refractivity contribution in [2.45, 2.75) is 5.75 Å². The Labute approximate surface area is 103 Å². The van der Waals surface area contributed by atoms with Gasteiger partial charge in [0.05, 0.1) is 6.20 Å². The predicted octanol–water partition coefficient (Wildman–Crippen LogP) is 1.62. The summed E-state index contributed by atoms with van der Waals surface area (Å²) in [4.78, 5) is 12.6. The van der Waals surface area contributed by atoms with E-state index in [2.05, 4.69) is 32.7 Å². The summed E-state index contributed by atoms with van der Waals surface area (Å²) >= 11 is 4.33. The van der Waals surface area contributed by atoms with E-state index < -0.39 is 0 Å². The number of hydrogen-bond acceptors (Lipinski definition) is 5. The fourth-order valence-electron chi connectivity index (χ4n) is 1.71. The summed E-state index contributed by atoms with van der Waals surface area (Å²) in [7, 11) is 0. The third-order valence-corrected chi connectivity index (χ3v) is 2.77. The standard InChI is InChI=1S/C11H9N5S/c17-7-8-10(9-6-12-3-4-13-9)15-16-5-1-2-14-11(8)16/h1-6,17H,7H2. The summed E-state index contributed by atoms with van der Waals surface area (Å²) in [5.41, 5.74) is 3.30. The highest BCUT2D eigenvalue weighted by atomic mass is 32.1. The molecule has 0 aliphatic carbocycles. The Balaban J connectivity index is 2.30. The minimum atomic E-state index is 0.562. The van der Waals surface area contributed by atoms with Crippen LogP contribution in [-0.2, 0) is 5.75 Å². The summed E-state index contributed by atoms with van der Waals surface area (Å²) in [6, 6.07) is 1.84. The van der Waals surface area contributed by atoms with Gasteiger partial charge in [-0.1, -0.05) is 0 Å². The number of fused-ring (bicyclic) bond motifs is 1. The van der Waals surface area contributed by atoms with Crippen molar-refractivity contribution in [1.29, 1.82) is 0 Å². The molecule has 5 nitrogen and oxygen atoms in total. The zero-order chi connectivity index (χ0) is 11.7. The monoisotopic (exact) mass is 243 g/mol. The average molecular weight is 243 g/mol. The van der Waals surface area contributed by atoms with Crippen LogP contribution in [0.25, 0.3) is 17.0 Å². The first-order chi connectivity index (χ1) is 8.40. The maximum Gasteiger partial charge on any atom is 0.159 e. The van der Waals surface area contributed by atoms with E-state index in [0.717, 1.165) is 22.6 Å². The molecule has 0 amide bonds. The Morgan fingerprint density at radius 3 is 2.88 bits per heavy atom. The van der Waals surface area contributed by atoms with Gasteiger partial charge in [-0.3, -0.25) is 9.97 Å². The van der Waals surface area contributed by atoms with Crippen LogP contribution in [0.4, 0.5) is 0 Å². The van der Waals surface area contributed by atoms with Crippen molar-refractivity contribution in [3.63, 3.8) is 0 Å². The average Bonchev–Trinajstić information content (AvgIpc) is 2.78. The van der Waals surface area contributed by atoms with Gasteiger partial charge in [-0.05, 0) is 6.07 Å². The highest BCUT2D eigenvalue weighted by molar-refractivity contribution is 7.79. The molecule has 0 bridgehead atoms. The highest BCUT2D eigenvalue weighted by Crippen LogP contribution is 2.23. The van der Waals surface area contributed by atoms with Crippen LogP contribution in [0.15, 0.2) is 37.1 Å². The minimum absolute atomic E-state index is 0.562. The van der Waals surface area contributed by atoms with E-state index in [1.54, 1.807) is 29.3 Å². The lowest BCUT2D eigenvalue weighted by molar-refractivity contribution is 0.939. The van der Waals surface area contributed by atoms with Crippen molar-refractivity contribution in [1.82, 2.24) is 24.6 Å². The van der Waals surface area contributed by atoms with Crippen molar-refractivity contribution in [3.05, 3.63) is 42.6 Å². The maximum absolute atomic E-state index is 4.46. The molecule has 0 radical (unpaired) electrons. The van der Waals surface area contributed by atoms with Gasteiger partial charge in [0.1, 0.15) is 11.4 Å². The molecule has 0 saturated carbocycles. The predicted molar refractivity (Wildman–Crippen MR) is 66.7 cm³/mol. The van der Waals surface area contributed by atoms with Crippen LogP contribution in [0, 0.1) is 0 Å². The topological polar surface area (TPSA) is 56.0 Å². The normalized spacial score (nSPS) is 10.9. The zero-order valence-electron chi connectivity index (χ0n) is 8.85. The quantitative estimate of drug-likeness (QED) is 0.695. The van der Waals surface area contributed by atoms with Crippen molar-refractivity contribution < 1.29 is 0 Å². The van der Waals surface area contributed by atoms with Crippen molar-refractivity contribution >= 4 is 18.3 Å². The summed E-state index contributed by atoms with van der Waals surface area (Å²) in [6.07, 6.45) is 8.57. The molecule has 0 aliphatic heterocycles. The minimum Gasteiger partial charge on any atom is -0.261 e. The van der Waals surface area contributed by atoms with Crippen LogP contribution in [0.1, 0.15) is 5.56 Å². The molecule has 6 heteroatoms. The SMILES string of the molecule is SCc1c(-c2cnccn2)nn2cccnc12. The van der Waals surface area contributed by atoms with Gasteiger partial charge in [-0.15, -0.1) is 0 Å². The van der Waals surface area contributed by atoms with Crippen molar-refractivity contribution in [2.24, 2.45) is 0 Å². The number of nitrogens with zero attached hydrogens (tertiary/aromatic N) is 5. The van der Waals surface area contributed by atoms with E-state index in [0.29, 0.717) is 5.75 Å². The number of aromatic nitrogens is 5. The molecule has 17 heavy (non-hydrogen) atoms. The molecule has 0 aliphatic rings. The van der Waals surface area contributed by atoms with E-state index in [4.69, 9.17) is 0 Å². The van der Waals surface area contributed by atoms with Crippen LogP contribution >= 0.6 is 12.6 Å². The Morgan fingerprint density at radius 2 is 2.12 bits per heavy atom. The molecule has 0 saturated heterocycles. The molecule has 3 aromatic heterocycles. The van der Waals surface area contributed by atoms with E-state index in [9.17, 15) is 0 Å². The number of rotatable bonds is 2. The molecule has 0 unspecified atom stereocenters. The van der Waals surface area contributed by atoms with Gasteiger partial charge in [0.2, 0.25) is 0 Å². The largest absolute Gasteiger partial charge is 0.261 e. The maximum atomic E-state index is 4.46. The van der Waals surface area contributed by atoms with Gasteiger partial charge >= 0.3 is 0 Å². The molecule has 0 aromatic carbocycles. The molecular weight excluding hydrogens is 234 g/mol. The Morgan fingerprint density at radius 1 is 1.18 bits per heavy atom. The first-order valence-electron chi connectivity index (χ1n) is 5.09. The van der Waals surface area contributed by atoms with Crippen molar-refractivity contribution in [3.8, 4) is 11.4 Å². The van der Waals surface area contributed by atoms with Crippen LogP contribution in [0.5, 0.6) is 0 Å². The molecule has 3 heterocycles. The molecule has 0 fully saturated rings. The van der Waals surface area contributed by atoms with E-state index in [1.165, 1.54) is 0 Å². The lowest BCUT2D eigenvalue weighted by atomic mass is 10.2. The summed E-state index contributed by atoms with van der Waals surface area (Å²) in [5.74, 6) is 0.562. The van der Waals surface area contributed by atoms with Gasteiger partial charge in [0.15, 0.2) is 5.65 Å². The molecule has 3 rings (SSSR count). The third kappa shape index (κ3) is 1.66. The fourth-order valence-corrected chi connectivity index (χ4v) is 2.00. The second-order valence-electron chi connectivity index (χ2n) is 3.46. The van der Waals surface area contributed by atoms with E-state index in [1.807, 2.05) is 12.3 Å². The van der Waals surface area contributed by atoms with E-state index in [-0.39, 0.29) is 0 Å². The number of thiol groups is 1. The van der Waals surface area contributed by atoms with Gasteiger partial charge in [-0.2, -0.15) is 17.7 Å². The number of hydrogen-bond donors (Lipinski definition) is 1. The lowest BCUT2D eigenvalue weighted by Crippen LogP contribution is -1.88. The fraction of sp³-hybridized carbons (Fsp3) is 0.0909. The Hall–Kier alpha value is -1.95. The first-order valence-corrected chi connectivity index (χ1v) is 5.73. The molecule has 0 spiro atoms.